The van der Waals surface area contributed by atoms with Crippen molar-refractivity contribution in [3.05, 3.63) is 68.8 Å². The van der Waals surface area contributed by atoms with Gasteiger partial charge in [-0.15, -0.1) is 23.7 Å². The van der Waals surface area contributed by atoms with Gasteiger partial charge in [0, 0.05) is 17.3 Å². The van der Waals surface area contributed by atoms with E-state index >= 15 is 0 Å². The Bertz CT molecular complexity index is 1250. The molecule has 3 heterocycles. The maximum Gasteiger partial charge on any atom is 0.266 e. The lowest BCUT2D eigenvalue weighted by Crippen LogP contribution is -2.28. The molecule has 1 fully saturated rings. The molecule has 1 atom stereocenters. The highest BCUT2D eigenvalue weighted by Crippen LogP contribution is 2.38. The van der Waals surface area contributed by atoms with E-state index in [1.54, 1.807) is 0 Å². The second-order valence-electron chi connectivity index (χ2n) is 7.92. The molecule has 1 saturated heterocycles. The number of piperidine rings is 1. The van der Waals surface area contributed by atoms with Crippen LogP contribution in [0, 0.1) is 6.92 Å². The monoisotopic (exact) mass is 440 g/mol. The summed E-state index contributed by atoms with van der Waals surface area (Å²) in [6.07, 6.45) is 2.44. The molecule has 0 aliphatic carbocycles. The van der Waals surface area contributed by atoms with Gasteiger partial charge in [-0.3, -0.25) is 4.79 Å². The van der Waals surface area contributed by atoms with Crippen LogP contribution in [0.15, 0.2) is 46.6 Å². The van der Waals surface area contributed by atoms with Crippen LogP contribution in [0.1, 0.15) is 35.4 Å². The van der Waals surface area contributed by atoms with Crippen LogP contribution in [0.3, 0.4) is 0 Å². The molecule has 0 radical (unpaired) electrons. The van der Waals surface area contributed by atoms with Gasteiger partial charge in [0.25, 0.3) is 5.56 Å². The summed E-state index contributed by atoms with van der Waals surface area (Å²) >= 11 is 1.46. The first-order chi connectivity index (χ1) is 14.2. The number of halogens is 1. The Morgan fingerprint density at radius 2 is 2.00 bits per heavy atom. The molecule has 3 N–H and O–H groups in total. The Balaban J connectivity index is 0.00000218. The van der Waals surface area contributed by atoms with Crippen molar-refractivity contribution in [2.45, 2.75) is 32.3 Å². The van der Waals surface area contributed by atoms with Crippen LogP contribution in [-0.2, 0) is 6.61 Å². The number of aromatic amines is 1. The summed E-state index contributed by atoms with van der Waals surface area (Å²) in [6, 6.07) is 12.8. The second kappa shape index (κ2) is 8.52. The smallest absolute Gasteiger partial charge is 0.266 e. The first-order valence-corrected chi connectivity index (χ1v) is 11.0. The van der Waals surface area contributed by atoms with Crippen molar-refractivity contribution < 1.29 is 5.11 Å². The fraction of sp³-hybridized carbons (Fsp3) is 0.292. The van der Waals surface area contributed by atoms with E-state index in [0.29, 0.717) is 5.92 Å². The van der Waals surface area contributed by atoms with E-state index in [2.05, 4.69) is 34.6 Å². The number of benzene rings is 2. The van der Waals surface area contributed by atoms with Crippen molar-refractivity contribution in [1.29, 1.82) is 0 Å². The Morgan fingerprint density at radius 1 is 1.20 bits per heavy atom. The van der Waals surface area contributed by atoms with E-state index < -0.39 is 0 Å². The van der Waals surface area contributed by atoms with E-state index in [9.17, 15) is 9.90 Å². The van der Waals surface area contributed by atoms with E-state index in [1.165, 1.54) is 29.7 Å². The van der Waals surface area contributed by atoms with Gasteiger partial charge in [-0.05, 0) is 71.5 Å². The van der Waals surface area contributed by atoms with Gasteiger partial charge in [0.15, 0.2) is 0 Å². The van der Waals surface area contributed by atoms with Crippen molar-refractivity contribution in [2.24, 2.45) is 0 Å². The Kier molecular flexibility index (Phi) is 5.98. The number of aromatic nitrogens is 1. The molecule has 0 bridgehead atoms. The summed E-state index contributed by atoms with van der Waals surface area (Å²) < 4.78 is 0.734. The fourth-order valence-corrected chi connectivity index (χ4v) is 5.48. The van der Waals surface area contributed by atoms with E-state index in [0.717, 1.165) is 56.3 Å². The van der Waals surface area contributed by atoms with Gasteiger partial charge in [0.05, 0.1) is 12.1 Å². The number of aliphatic hydroxyl groups is 1. The Labute approximate surface area is 185 Å². The van der Waals surface area contributed by atoms with Gasteiger partial charge in [0.1, 0.15) is 4.70 Å². The predicted molar refractivity (Wildman–Crippen MR) is 128 cm³/mol. The number of fused-ring (bicyclic) bond motifs is 3. The largest absolute Gasteiger partial charge is 0.392 e. The predicted octanol–water partition coefficient (Wildman–Crippen LogP) is 5.10. The number of thiophene rings is 1. The maximum absolute atomic E-state index is 12.5. The molecule has 30 heavy (non-hydrogen) atoms. The third-order valence-electron chi connectivity index (χ3n) is 6.12. The van der Waals surface area contributed by atoms with Crippen LogP contribution in [0.4, 0.5) is 0 Å². The summed E-state index contributed by atoms with van der Waals surface area (Å²) in [5.41, 5.74) is 6.12. The summed E-state index contributed by atoms with van der Waals surface area (Å²) in [6.45, 7) is 4.09. The third kappa shape index (κ3) is 3.46. The molecule has 4 aromatic rings. The molecule has 5 rings (SSSR count). The molecule has 0 saturated carbocycles. The van der Waals surface area contributed by atoms with Gasteiger partial charge in [-0.25, -0.2) is 0 Å². The van der Waals surface area contributed by atoms with Crippen LogP contribution in [0.25, 0.3) is 32.1 Å². The quantitative estimate of drug-likeness (QED) is 0.415. The second-order valence-corrected chi connectivity index (χ2v) is 8.83. The number of H-pyrrole nitrogens is 1. The molecular weight excluding hydrogens is 416 g/mol. The SMILES string of the molecule is Cc1cc(CO)c(-c2ccc(C3CCCNC3)cc2)c2c1[nH]c(=O)c1sccc12.Cl. The van der Waals surface area contributed by atoms with Gasteiger partial charge >= 0.3 is 0 Å². The van der Waals surface area contributed by atoms with Crippen LogP contribution in [-0.4, -0.2) is 23.2 Å². The normalized spacial score (nSPS) is 16.7. The van der Waals surface area contributed by atoms with E-state index in [1.807, 2.05) is 24.4 Å². The molecule has 2 aromatic heterocycles. The lowest BCUT2D eigenvalue weighted by Gasteiger charge is -2.23. The average molecular weight is 441 g/mol. The zero-order chi connectivity index (χ0) is 20.0. The van der Waals surface area contributed by atoms with Crippen molar-refractivity contribution in [3.8, 4) is 11.1 Å². The van der Waals surface area contributed by atoms with Gasteiger partial charge in [0.2, 0.25) is 0 Å². The molecule has 2 aromatic carbocycles. The average Bonchev–Trinajstić information content (AvgIpc) is 3.26. The number of hydrogen-bond donors (Lipinski definition) is 3. The number of hydrogen-bond acceptors (Lipinski definition) is 4. The third-order valence-corrected chi connectivity index (χ3v) is 7.04. The summed E-state index contributed by atoms with van der Waals surface area (Å²) in [5.74, 6) is 0.560. The van der Waals surface area contributed by atoms with Crippen LogP contribution in [0.2, 0.25) is 0 Å². The molecule has 4 nitrogen and oxygen atoms in total. The van der Waals surface area contributed by atoms with E-state index in [-0.39, 0.29) is 24.6 Å². The van der Waals surface area contributed by atoms with Crippen molar-refractivity contribution in [3.63, 3.8) is 0 Å². The number of aliphatic hydroxyl groups excluding tert-OH is 1. The minimum Gasteiger partial charge on any atom is -0.392 e. The summed E-state index contributed by atoms with van der Waals surface area (Å²) in [7, 11) is 0. The Hall–Kier alpha value is -2.18. The highest BCUT2D eigenvalue weighted by atomic mass is 35.5. The highest BCUT2D eigenvalue weighted by Gasteiger charge is 2.19. The maximum atomic E-state index is 12.5. The summed E-state index contributed by atoms with van der Waals surface area (Å²) in [4.78, 5) is 15.6. The molecule has 1 aliphatic heterocycles. The number of pyridine rings is 1. The number of nitrogens with one attached hydrogen (secondary N) is 2. The highest BCUT2D eigenvalue weighted by molar-refractivity contribution is 7.17. The summed E-state index contributed by atoms with van der Waals surface area (Å²) in [5, 5.41) is 17.6. The molecule has 1 aliphatic rings. The van der Waals surface area contributed by atoms with Gasteiger partial charge in [-0.2, -0.15) is 0 Å². The zero-order valence-corrected chi connectivity index (χ0v) is 18.5. The van der Waals surface area contributed by atoms with Crippen molar-refractivity contribution in [1.82, 2.24) is 10.3 Å². The van der Waals surface area contributed by atoms with Crippen molar-refractivity contribution in [2.75, 3.05) is 13.1 Å². The number of aryl methyl sites for hydroxylation is 1. The number of rotatable bonds is 3. The lowest BCUT2D eigenvalue weighted by atomic mass is 9.88. The molecule has 6 heteroatoms. The minimum atomic E-state index is -0.0477. The molecule has 0 amide bonds. The van der Waals surface area contributed by atoms with Gasteiger partial charge in [-0.1, -0.05) is 30.3 Å². The molecule has 156 valence electrons. The topological polar surface area (TPSA) is 65.1 Å². The Morgan fingerprint density at radius 3 is 2.70 bits per heavy atom. The molecule has 0 spiro atoms. The lowest BCUT2D eigenvalue weighted by molar-refractivity contribution is 0.282. The van der Waals surface area contributed by atoms with Crippen molar-refractivity contribution >= 4 is 44.7 Å². The molecular formula is C24H25ClN2O2S. The van der Waals surface area contributed by atoms with Crippen LogP contribution >= 0.6 is 23.7 Å². The van der Waals surface area contributed by atoms with Crippen LogP contribution < -0.4 is 10.9 Å². The standard InChI is InChI=1S/C24H24N2O2S.ClH/c1-14-11-18(13-27)20(21-19-8-10-29-23(19)24(28)26-22(14)21)16-6-4-15(5-7-16)17-3-2-9-25-12-17;/h4-8,10-11,17,25,27H,2-3,9,12-13H2,1H3,(H,26,28);1H. The first kappa shape index (κ1) is 21.1. The fourth-order valence-electron chi connectivity index (χ4n) is 4.68. The van der Waals surface area contributed by atoms with Gasteiger partial charge < -0.3 is 15.4 Å². The molecule has 1 unspecified atom stereocenters. The van der Waals surface area contributed by atoms with E-state index in [4.69, 9.17) is 0 Å². The zero-order valence-electron chi connectivity index (χ0n) is 16.8. The first-order valence-electron chi connectivity index (χ1n) is 10.1. The van der Waals surface area contributed by atoms with Crippen LogP contribution in [0.5, 0.6) is 0 Å². The minimum absolute atomic E-state index is 0.